The highest BCUT2D eigenvalue weighted by atomic mass is 16.5. The zero-order chi connectivity index (χ0) is 20.4. The van der Waals surface area contributed by atoms with Gasteiger partial charge in [0.2, 0.25) is 0 Å². The van der Waals surface area contributed by atoms with Crippen LogP contribution in [-0.4, -0.2) is 25.0 Å². The Morgan fingerprint density at radius 3 is 2.39 bits per heavy atom. The van der Waals surface area contributed by atoms with Gasteiger partial charge in [-0.25, -0.2) is 4.79 Å². The van der Waals surface area contributed by atoms with Crippen molar-refractivity contribution in [2.75, 3.05) is 18.1 Å². The molecule has 5 heteroatoms. The van der Waals surface area contributed by atoms with Crippen molar-refractivity contribution in [2.24, 2.45) is 0 Å². The molecule has 2 aromatic rings. The first-order valence-electron chi connectivity index (χ1n) is 9.18. The molecule has 0 N–H and O–H groups in total. The zero-order valence-corrected chi connectivity index (χ0v) is 16.2. The predicted octanol–water partition coefficient (Wildman–Crippen LogP) is 4.31. The van der Waals surface area contributed by atoms with Gasteiger partial charge >= 0.3 is 5.97 Å². The van der Waals surface area contributed by atoms with Gasteiger partial charge in [0.05, 0.1) is 12.5 Å². The third-order valence-electron chi connectivity index (χ3n) is 4.17. The van der Waals surface area contributed by atoms with Crippen LogP contribution in [0.15, 0.2) is 60.7 Å². The van der Waals surface area contributed by atoms with Crippen LogP contribution >= 0.6 is 0 Å². The van der Waals surface area contributed by atoms with Gasteiger partial charge in [0.15, 0.2) is 6.61 Å². The van der Waals surface area contributed by atoms with Gasteiger partial charge < -0.3 is 9.64 Å². The molecule has 2 aromatic carbocycles. The van der Waals surface area contributed by atoms with Crippen LogP contribution in [0.5, 0.6) is 0 Å². The van der Waals surface area contributed by atoms with Crippen molar-refractivity contribution in [1.29, 1.82) is 5.26 Å². The summed E-state index contributed by atoms with van der Waals surface area (Å²) in [4.78, 5) is 25.8. The lowest BCUT2D eigenvalue weighted by atomic mass is 10.0. The van der Waals surface area contributed by atoms with E-state index in [0.29, 0.717) is 11.6 Å². The van der Waals surface area contributed by atoms with E-state index in [9.17, 15) is 9.59 Å². The summed E-state index contributed by atoms with van der Waals surface area (Å²) >= 11 is 0. The first kappa shape index (κ1) is 20.9. The number of anilines is 1. The minimum atomic E-state index is -0.588. The molecule has 0 spiro atoms. The zero-order valence-electron chi connectivity index (χ0n) is 16.2. The standard InChI is InChI=1S/C23H24N2O3/c1-18(2)20-12-9-19(10-13-20)11-14-23(27)28-17-22(26)25(16-6-15-24)21-7-4-3-5-8-21/h3-5,7-14,18H,6,16-17H2,1-2H3/b14-11+. The maximum atomic E-state index is 12.4. The van der Waals surface area contributed by atoms with Gasteiger partial charge in [0.25, 0.3) is 5.91 Å². The number of esters is 1. The summed E-state index contributed by atoms with van der Waals surface area (Å²) in [5.74, 6) is -0.512. The highest BCUT2D eigenvalue weighted by Crippen LogP contribution is 2.16. The molecule has 0 aliphatic carbocycles. The number of hydrogen-bond donors (Lipinski definition) is 0. The van der Waals surface area contributed by atoms with Crippen molar-refractivity contribution in [3.05, 3.63) is 71.8 Å². The highest BCUT2D eigenvalue weighted by molar-refractivity contribution is 5.96. The van der Waals surface area contributed by atoms with Crippen molar-refractivity contribution in [3.8, 4) is 6.07 Å². The minimum Gasteiger partial charge on any atom is -0.452 e. The SMILES string of the molecule is CC(C)c1ccc(/C=C/C(=O)OCC(=O)N(CCC#N)c2ccccc2)cc1. The summed E-state index contributed by atoms with van der Waals surface area (Å²) in [6, 6.07) is 18.9. The van der Waals surface area contributed by atoms with Crippen LogP contribution in [0.3, 0.4) is 0 Å². The number of rotatable bonds is 8. The van der Waals surface area contributed by atoms with Crippen LogP contribution in [0.1, 0.15) is 37.3 Å². The van der Waals surface area contributed by atoms with Gasteiger partial charge in [-0.15, -0.1) is 0 Å². The van der Waals surface area contributed by atoms with Gasteiger partial charge in [-0.1, -0.05) is 56.3 Å². The lowest BCUT2D eigenvalue weighted by Gasteiger charge is -2.21. The normalized spacial score (nSPS) is 10.6. The number of amides is 1. The second-order valence-electron chi connectivity index (χ2n) is 6.55. The quantitative estimate of drug-likeness (QED) is 0.508. The molecule has 0 radical (unpaired) electrons. The maximum absolute atomic E-state index is 12.4. The van der Waals surface area contributed by atoms with E-state index >= 15 is 0 Å². The van der Waals surface area contributed by atoms with Crippen LogP contribution in [0.2, 0.25) is 0 Å². The average molecular weight is 376 g/mol. The van der Waals surface area contributed by atoms with Crippen molar-refractivity contribution in [2.45, 2.75) is 26.2 Å². The monoisotopic (exact) mass is 376 g/mol. The van der Waals surface area contributed by atoms with Crippen LogP contribution in [0.4, 0.5) is 5.69 Å². The molecule has 0 aromatic heterocycles. The smallest absolute Gasteiger partial charge is 0.331 e. The Bertz CT molecular complexity index is 850. The molecule has 144 valence electrons. The van der Waals surface area contributed by atoms with Gasteiger partial charge in [-0.2, -0.15) is 5.26 Å². The Morgan fingerprint density at radius 2 is 1.79 bits per heavy atom. The number of ether oxygens (including phenoxy) is 1. The lowest BCUT2D eigenvalue weighted by Crippen LogP contribution is -2.35. The fraction of sp³-hybridized carbons (Fsp3) is 0.261. The van der Waals surface area contributed by atoms with E-state index < -0.39 is 5.97 Å². The van der Waals surface area contributed by atoms with Crippen LogP contribution < -0.4 is 4.90 Å². The summed E-state index contributed by atoms with van der Waals surface area (Å²) in [5.41, 5.74) is 2.77. The molecule has 0 unspecified atom stereocenters. The molecule has 0 aliphatic rings. The Morgan fingerprint density at radius 1 is 1.11 bits per heavy atom. The van der Waals surface area contributed by atoms with E-state index in [-0.39, 0.29) is 25.5 Å². The summed E-state index contributed by atoms with van der Waals surface area (Å²) in [5, 5.41) is 8.81. The third-order valence-corrected chi connectivity index (χ3v) is 4.17. The molecule has 0 atom stereocenters. The number of benzene rings is 2. The number of nitrogens with zero attached hydrogens (tertiary/aromatic N) is 2. The Kier molecular flexibility index (Phi) is 7.98. The van der Waals surface area contributed by atoms with E-state index in [4.69, 9.17) is 10.00 Å². The lowest BCUT2D eigenvalue weighted by molar-refractivity contribution is -0.142. The number of para-hydroxylation sites is 1. The largest absolute Gasteiger partial charge is 0.452 e. The molecule has 0 saturated carbocycles. The maximum Gasteiger partial charge on any atom is 0.331 e. The molecular formula is C23H24N2O3. The molecule has 2 rings (SSSR count). The number of carbonyl (C=O) groups is 2. The number of carbonyl (C=O) groups excluding carboxylic acids is 2. The summed E-state index contributed by atoms with van der Waals surface area (Å²) < 4.78 is 5.07. The fourth-order valence-corrected chi connectivity index (χ4v) is 2.58. The van der Waals surface area contributed by atoms with E-state index in [2.05, 4.69) is 13.8 Å². The molecule has 28 heavy (non-hydrogen) atoms. The molecule has 0 aliphatic heterocycles. The molecule has 1 amide bonds. The van der Waals surface area contributed by atoms with Gasteiger partial charge in [-0.05, 0) is 35.3 Å². The first-order valence-corrected chi connectivity index (χ1v) is 9.18. The molecule has 0 bridgehead atoms. The third kappa shape index (κ3) is 6.40. The highest BCUT2D eigenvalue weighted by Gasteiger charge is 2.16. The number of nitriles is 1. The predicted molar refractivity (Wildman–Crippen MR) is 110 cm³/mol. The van der Waals surface area contributed by atoms with E-state index in [0.717, 1.165) is 5.56 Å². The average Bonchev–Trinajstić information content (AvgIpc) is 2.72. The Hall–Kier alpha value is -3.39. The Balaban J connectivity index is 1.92. The van der Waals surface area contributed by atoms with Crippen molar-refractivity contribution < 1.29 is 14.3 Å². The van der Waals surface area contributed by atoms with Gasteiger partial charge in [-0.3, -0.25) is 4.79 Å². The van der Waals surface area contributed by atoms with Crippen LogP contribution in [-0.2, 0) is 14.3 Å². The molecule has 0 fully saturated rings. The van der Waals surface area contributed by atoms with Gasteiger partial charge in [0.1, 0.15) is 0 Å². The minimum absolute atomic E-state index is 0.195. The van der Waals surface area contributed by atoms with Crippen molar-refractivity contribution in [3.63, 3.8) is 0 Å². The first-order chi connectivity index (χ1) is 13.5. The van der Waals surface area contributed by atoms with Crippen molar-refractivity contribution in [1.82, 2.24) is 0 Å². The van der Waals surface area contributed by atoms with Gasteiger partial charge in [0, 0.05) is 18.3 Å². The molecule has 0 heterocycles. The summed E-state index contributed by atoms with van der Waals surface area (Å²) in [6.45, 7) is 4.11. The second-order valence-corrected chi connectivity index (χ2v) is 6.55. The Labute approximate surface area is 165 Å². The molecule has 0 saturated heterocycles. The fourth-order valence-electron chi connectivity index (χ4n) is 2.58. The van der Waals surface area contributed by atoms with Crippen LogP contribution in [0, 0.1) is 11.3 Å². The van der Waals surface area contributed by atoms with Crippen LogP contribution in [0.25, 0.3) is 6.08 Å². The molecular weight excluding hydrogens is 352 g/mol. The van der Waals surface area contributed by atoms with Crippen molar-refractivity contribution >= 4 is 23.6 Å². The number of hydrogen-bond acceptors (Lipinski definition) is 4. The second kappa shape index (κ2) is 10.7. The van der Waals surface area contributed by atoms with E-state index in [1.54, 1.807) is 30.3 Å². The summed E-state index contributed by atoms with van der Waals surface area (Å²) in [6.07, 6.45) is 3.15. The van der Waals surface area contributed by atoms with E-state index in [1.165, 1.54) is 16.5 Å². The topological polar surface area (TPSA) is 70.4 Å². The van der Waals surface area contributed by atoms with E-state index in [1.807, 2.05) is 36.4 Å². The summed E-state index contributed by atoms with van der Waals surface area (Å²) in [7, 11) is 0. The molecule has 5 nitrogen and oxygen atoms in total.